The van der Waals surface area contributed by atoms with Gasteiger partial charge in [0.25, 0.3) is 0 Å². The molecule has 5 heteroatoms. The van der Waals surface area contributed by atoms with Crippen molar-refractivity contribution < 1.29 is 0 Å². The summed E-state index contributed by atoms with van der Waals surface area (Å²) in [5, 5.41) is 0.617. The molecule has 2 aromatic rings. The lowest BCUT2D eigenvalue weighted by atomic mass is 10.2. The molecule has 0 amide bonds. The van der Waals surface area contributed by atoms with Crippen molar-refractivity contribution in [3.8, 4) is 0 Å². The number of alkyl halides is 1. The van der Waals surface area contributed by atoms with E-state index in [1.807, 2.05) is 25.1 Å². The zero-order chi connectivity index (χ0) is 15.0. The number of imidazole rings is 1. The van der Waals surface area contributed by atoms with Gasteiger partial charge < -0.3 is 9.47 Å². The Morgan fingerprint density at radius 2 is 1.95 bits per heavy atom. The van der Waals surface area contributed by atoms with Crippen LogP contribution in [-0.4, -0.2) is 34.1 Å². The molecule has 2 atom stereocenters. The van der Waals surface area contributed by atoms with Crippen molar-refractivity contribution in [1.29, 1.82) is 0 Å². The standard InChI is InChI=1S/C16H21Cl2N3/c1-11(10-20-8-3-4-9-20)21-15-13(18)6-5-7-14(15)19-16(21)12(2)17/h5-7,11-12H,3-4,8-10H2,1-2H3. The molecule has 0 N–H and O–H groups in total. The molecule has 0 spiro atoms. The smallest absolute Gasteiger partial charge is 0.128 e. The normalized spacial score (nSPS) is 19.2. The summed E-state index contributed by atoms with van der Waals surface area (Å²) in [6, 6.07) is 6.18. The second-order valence-electron chi connectivity index (χ2n) is 5.92. The van der Waals surface area contributed by atoms with Crippen molar-refractivity contribution in [3.63, 3.8) is 0 Å². The van der Waals surface area contributed by atoms with Gasteiger partial charge in [0, 0.05) is 12.6 Å². The minimum absolute atomic E-state index is 0.130. The number of halogens is 2. The van der Waals surface area contributed by atoms with E-state index in [0.717, 1.165) is 28.4 Å². The molecule has 1 aliphatic rings. The van der Waals surface area contributed by atoms with E-state index >= 15 is 0 Å². The van der Waals surface area contributed by atoms with Gasteiger partial charge >= 0.3 is 0 Å². The Bertz CT molecular complexity index is 630. The molecule has 2 unspecified atom stereocenters. The van der Waals surface area contributed by atoms with E-state index < -0.39 is 0 Å². The molecule has 21 heavy (non-hydrogen) atoms. The van der Waals surface area contributed by atoms with Gasteiger partial charge in [-0.15, -0.1) is 11.6 Å². The lowest BCUT2D eigenvalue weighted by Crippen LogP contribution is -2.28. The number of likely N-dealkylation sites (tertiary alicyclic amines) is 1. The van der Waals surface area contributed by atoms with Crippen LogP contribution in [0, 0.1) is 0 Å². The summed E-state index contributed by atoms with van der Waals surface area (Å²) in [4.78, 5) is 7.21. The predicted octanol–water partition coefficient (Wildman–Crippen LogP) is 4.65. The van der Waals surface area contributed by atoms with Crippen molar-refractivity contribution in [2.75, 3.05) is 19.6 Å². The molecule has 1 aromatic heterocycles. The highest BCUT2D eigenvalue weighted by atomic mass is 35.5. The van der Waals surface area contributed by atoms with Crippen LogP contribution in [0.4, 0.5) is 0 Å². The third-order valence-electron chi connectivity index (χ3n) is 4.21. The van der Waals surface area contributed by atoms with Gasteiger partial charge in [0.15, 0.2) is 0 Å². The maximum Gasteiger partial charge on any atom is 0.128 e. The molecule has 3 nitrogen and oxygen atoms in total. The first kappa shape index (κ1) is 15.1. The molecule has 0 aliphatic carbocycles. The van der Waals surface area contributed by atoms with E-state index in [1.165, 1.54) is 25.9 Å². The number of benzene rings is 1. The van der Waals surface area contributed by atoms with Gasteiger partial charge in [-0.25, -0.2) is 4.98 Å². The first-order valence-electron chi connectivity index (χ1n) is 7.60. The largest absolute Gasteiger partial charge is 0.321 e. The van der Waals surface area contributed by atoms with Crippen LogP contribution in [-0.2, 0) is 0 Å². The summed E-state index contributed by atoms with van der Waals surface area (Å²) < 4.78 is 2.23. The summed E-state index contributed by atoms with van der Waals surface area (Å²) >= 11 is 12.8. The van der Waals surface area contributed by atoms with E-state index in [9.17, 15) is 0 Å². The molecule has 114 valence electrons. The Kier molecular flexibility index (Phi) is 4.43. The van der Waals surface area contributed by atoms with E-state index in [0.29, 0.717) is 6.04 Å². The van der Waals surface area contributed by atoms with Gasteiger partial charge in [-0.1, -0.05) is 17.7 Å². The van der Waals surface area contributed by atoms with Gasteiger partial charge in [0.05, 0.1) is 21.4 Å². The Balaban J connectivity index is 2.03. The highest BCUT2D eigenvalue weighted by Gasteiger charge is 2.23. The van der Waals surface area contributed by atoms with E-state index in [4.69, 9.17) is 28.2 Å². The van der Waals surface area contributed by atoms with E-state index in [-0.39, 0.29) is 5.38 Å². The van der Waals surface area contributed by atoms with Crippen LogP contribution in [0.2, 0.25) is 5.02 Å². The average Bonchev–Trinajstić information content (AvgIpc) is 3.05. The summed E-state index contributed by atoms with van der Waals surface area (Å²) in [7, 11) is 0. The maximum atomic E-state index is 6.42. The van der Waals surface area contributed by atoms with E-state index in [2.05, 4.69) is 16.4 Å². The molecule has 0 radical (unpaired) electrons. The van der Waals surface area contributed by atoms with Crippen LogP contribution in [0.3, 0.4) is 0 Å². The van der Waals surface area contributed by atoms with Crippen LogP contribution in [0.25, 0.3) is 11.0 Å². The summed E-state index contributed by atoms with van der Waals surface area (Å²) in [6.45, 7) is 7.60. The van der Waals surface area contributed by atoms with Gasteiger partial charge in [-0.05, 0) is 51.9 Å². The first-order chi connectivity index (χ1) is 10.1. The zero-order valence-electron chi connectivity index (χ0n) is 12.5. The van der Waals surface area contributed by atoms with Crippen molar-refractivity contribution in [3.05, 3.63) is 29.0 Å². The molecule has 1 fully saturated rings. The second kappa shape index (κ2) is 6.15. The lowest BCUT2D eigenvalue weighted by molar-refractivity contribution is 0.287. The van der Waals surface area contributed by atoms with Gasteiger partial charge in [-0.2, -0.15) is 0 Å². The van der Waals surface area contributed by atoms with Crippen molar-refractivity contribution in [1.82, 2.24) is 14.5 Å². The Morgan fingerprint density at radius 3 is 2.62 bits per heavy atom. The number of hydrogen-bond acceptors (Lipinski definition) is 2. The third-order valence-corrected chi connectivity index (χ3v) is 4.71. The number of rotatable bonds is 4. The molecule has 1 aliphatic heterocycles. The van der Waals surface area contributed by atoms with Crippen molar-refractivity contribution in [2.45, 2.75) is 38.1 Å². The quantitative estimate of drug-likeness (QED) is 0.763. The Hall–Kier alpha value is -0.770. The van der Waals surface area contributed by atoms with Crippen molar-refractivity contribution >= 4 is 34.2 Å². The van der Waals surface area contributed by atoms with Crippen LogP contribution in [0.1, 0.15) is 43.9 Å². The number of aromatic nitrogens is 2. The topological polar surface area (TPSA) is 21.1 Å². The number of fused-ring (bicyclic) bond motifs is 1. The predicted molar refractivity (Wildman–Crippen MR) is 89.4 cm³/mol. The van der Waals surface area contributed by atoms with E-state index in [1.54, 1.807) is 0 Å². The highest BCUT2D eigenvalue weighted by Crippen LogP contribution is 2.32. The molecule has 0 saturated carbocycles. The van der Waals surface area contributed by atoms with Crippen molar-refractivity contribution in [2.24, 2.45) is 0 Å². The third kappa shape index (κ3) is 2.92. The molecule has 2 heterocycles. The number of nitrogens with zero attached hydrogens (tertiary/aromatic N) is 3. The minimum Gasteiger partial charge on any atom is -0.321 e. The fraction of sp³-hybridized carbons (Fsp3) is 0.562. The van der Waals surface area contributed by atoms with Gasteiger partial charge in [-0.3, -0.25) is 0 Å². The van der Waals surface area contributed by atoms with Crippen LogP contribution in [0.5, 0.6) is 0 Å². The molecule has 0 bridgehead atoms. The Morgan fingerprint density at radius 1 is 1.24 bits per heavy atom. The van der Waals surface area contributed by atoms with Gasteiger partial charge in [0.1, 0.15) is 5.82 Å². The molecular weight excluding hydrogens is 305 g/mol. The molecule has 1 aromatic carbocycles. The zero-order valence-corrected chi connectivity index (χ0v) is 14.0. The average molecular weight is 326 g/mol. The lowest BCUT2D eigenvalue weighted by Gasteiger charge is -2.24. The fourth-order valence-corrected chi connectivity index (χ4v) is 3.69. The Labute approximate surface area is 135 Å². The monoisotopic (exact) mass is 325 g/mol. The summed E-state index contributed by atoms with van der Waals surface area (Å²) in [5.74, 6) is 0.909. The second-order valence-corrected chi connectivity index (χ2v) is 6.98. The number of para-hydroxylation sites is 1. The highest BCUT2D eigenvalue weighted by molar-refractivity contribution is 6.35. The minimum atomic E-state index is -0.130. The van der Waals surface area contributed by atoms with Crippen LogP contribution < -0.4 is 0 Å². The first-order valence-corrected chi connectivity index (χ1v) is 8.42. The van der Waals surface area contributed by atoms with Crippen LogP contribution in [0.15, 0.2) is 18.2 Å². The summed E-state index contributed by atoms with van der Waals surface area (Å²) in [5.41, 5.74) is 1.94. The SMILES string of the molecule is CC(Cl)c1nc2cccc(Cl)c2n1C(C)CN1CCCC1. The molecule has 1 saturated heterocycles. The molecular formula is C16H21Cl2N3. The maximum absolute atomic E-state index is 6.42. The number of hydrogen-bond donors (Lipinski definition) is 0. The summed E-state index contributed by atoms with van der Waals surface area (Å²) in [6.07, 6.45) is 2.60. The fourth-order valence-electron chi connectivity index (χ4n) is 3.27. The molecule has 3 rings (SSSR count). The van der Waals surface area contributed by atoms with Gasteiger partial charge in [0.2, 0.25) is 0 Å². The van der Waals surface area contributed by atoms with Crippen LogP contribution >= 0.6 is 23.2 Å².